The molecule has 0 spiro atoms. The summed E-state index contributed by atoms with van der Waals surface area (Å²) in [5.41, 5.74) is 0.661. The van der Waals surface area contributed by atoms with Crippen LogP contribution in [0.2, 0.25) is 0 Å². The number of hydrogen-bond donors (Lipinski definition) is 1. The van der Waals surface area contributed by atoms with Crippen LogP contribution in [0.3, 0.4) is 0 Å². The maximum absolute atomic E-state index is 13.1. The van der Waals surface area contributed by atoms with Crippen LogP contribution in [0.25, 0.3) is 0 Å². The molecule has 0 aliphatic heterocycles. The molecule has 0 aliphatic rings. The molecule has 1 rings (SSSR count). The Morgan fingerprint density at radius 1 is 1.50 bits per heavy atom. The molecule has 1 atom stereocenters. The Balaban J connectivity index is 2.79. The van der Waals surface area contributed by atoms with Crippen molar-refractivity contribution in [3.8, 4) is 5.75 Å². The topological polar surface area (TPSA) is 47.6 Å². The van der Waals surface area contributed by atoms with E-state index >= 15 is 0 Å². The summed E-state index contributed by atoms with van der Waals surface area (Å²) in [7, 11) is 1.75. The van der Waals surface area contributed by atoms with Gasteiger partial charge in [-0.15, -0.1) is 0 Å². The summed E-state index contributed by atoms with van der Waals surface area (Å²) >= 11 is 0. The number of ether oxygens (including phenoxy) is 2. The quantitative estimate of drug-likeness (QED) is 0.788. The van der Waals surface area contributed by atoms with Crippen LogP contribution >= 0.6 is 0 Å². The lowest BCUT2D eigenvalue weighted by Crippen LogP contribution is -2.26. The van der Waals surface area contributed by atoms with Crippen LogP contribution in [0.4, 0.5) is 4.39 Å². The number of carbonyl (C=O) groups is 1. The summed E-state index contributed by atoms with van der Waals surface area (Å²) in [5.74, 6) is -0.292. The average Bonchev–Trinajstić information content (AvgIpc) is 2.33. The fourth-order valence-corrected chi connectivity index (χ4v) is 1.49. The van der Waals surface area contributed by atoms with Crippen molar-refractivity contribution in [1.29, 1.82) is 0 Å². The van der Waals surface area contributed by atoms with Crippen LogP contribution in [0.15, 0.2) is 18.2 Å². The molecule has 0 bridgehead atoms. The lowest BCUT2D eigenvalue weighted by atomic mass is 10.2. The van der Waals surface area contributed by atoms with E-state index in [0.717, 1.165) is 0 Å². The van der Waals surface area contributed by atoms with Crippen molar-refractivity contribution < 1.29 is 18.7 Å². The zero-order valence-electron chi connectivity index (χ0n) is 10.8. The van der Waals surface area contributed by atoms with E-state index < -0.39 is 12.1 Å². The van der Waals surface area contributed by atoms with Gasteiger partial charge in [0.2, 0.25) is 0 Å². The molecular weight excluding hydrogens is 237 g/mol. The van der Waals surface area contributed by atoms with Gasteiger partial charge >= 0.3 is 5.97 Å². The van der Waals surface area contributed by atoms with Gasteiger partial charge in [0.15, 0.2) is 6.10 Å². The largest absolute Gasteiger partial charge is 0.479 e. The minimum Gasteiger partial charge on any atom is -0.479 e. The molecule has 4 nitrogen and oxygen atoms in total. The highest BCUT2D eigenvalue weighted by Crippen LogP contribution is 2.21. The van der Waals surface area contributed by atoms with E-state index in [2.05, 4.69) is 5.32 Å². The molecule has 0 radical (unpaired) electrons. The summed E-state index contributed by atoms with van der Waals surface area (Å²) in [4.78, 5) is 11.4. The maximum Gasteiger partial charge on any atom is 0.347 e. The van der Waals surface area contributed by atoms with Gasteiger partial charge in [-0.1, -0.05) is 0 Å². The molecule has 18 heavy (non-hydrogen) atoms. The van der Waals surface area contributed by atoms with Crippen LogP contribution in [-0.2, 0) is 16.1 Å². The number of halogens is 1. The molecule has 100 valence electrons. The summed E-state index contributed by atoms with van der Waals surface area (Å²) in [5, 5.41) is 2.92. The molecule has 0 saturated heterocycles. The number of esters is 1. The molecule has 0 amide bonds. The fraction of sp³-hybridized carbons (Fsp3) is 0.462. The predicted octanol–water partition coefficient (Wildman–Crippen LogP) is 1.88. The third-order valence-corrected chi connectivity index (χ3v) is 2.31. The molecule has 0 aliphatic carbocycles. The van der Waals surface area contributed by atoms with E-state index in [1.54, 1.807) is 20.9 Å². The van der Waals surface area contributed by atoms with Gasteiger partial charge in [-0.3, -0.25) is 0 Å². The second-order valence-corrected chi connectivity index (χ2v) is 3.79. The average molecular weight is 255 g/mol. The van der Waals surface area contributed by atoms with Crippen LogP contribution in [0, 0.1) is 5.82 Å². The number of carbonyl (C=O) groups excluding carboxylic acids is 1. The molecule has 1 N–H and O–H groups in total. The zero-order valence-corrected chi connectivity index (χ0v) is 10.8. The second kappa shape index (κ2) is 6.96. The number of hydrogen-bond acceptors (Lipinski definition) is 4. The molecule has 1 aromatic rings. The van der Waals surface area contributed by atoms with E-state index in [-0.39, 0.29) is 5.82 Å². The number of nitrogens with one attached hydrogen (secondary N) is 1. The molecular formula is C13H18FNO3. The highest BCUT2D eigenvalue weighted by Gasteiger charge is 2.17. The summed E-state index contributed by atoms with van der Waals surface area (Å²) < 4.78 is 23.4. The van der Waals surface area contributed by atoms with Gasteiger partial charge in [-0.05, 0) is 39.1 Å². The zero-order chi connectivity index (χ0) is 13.5. The highest BCUT2D eigenvalue weighted by atomic mass is 19.1. The van der Waals surface area contributed by atoms with E-state index in [1.807, 2.05) is 0 Å². The van der Waals surface area contributed by atoms with Gasteiger partial charge < -0.3 is 14.8 Å². The Morgan fingerprint density at radius 2 is 2.22 bits per heavy atom. The first kappa shape index (κ1) is 14.4. The van der Waals surface area contributed by atoms with Gasteiger partial charge in [0, 0.05) is 12.1 Å². The molecule has 0 saturated carbocycles. The van der Waals surface area contributed by atoms with Gasteiger partial charge in [-0.25, -0.2) is 9.18 Å². The molecule has 1 unspecified atom stereocenters. The van der Waals surface area contributed by atoms with Gasteiger partial charge in [0.1, 0.15) is 11.6 Å². The summed E-state index contributed by atoms with van der Waals surface area (Å²) in [6.07, 6.45) is -0.717. The van der Waals surface area contributed by atoms with Gasteiger partial charge in [0.25, 0.3) is 0 Å². The Labute approximate surface area is 106 Å². The smallest absolute Gasteiger partial charge is 0.347 e. The Morgan fingerprint density at radius 3 is 2.83 bits per heavy atom. The van der Waals surface area contributed by atoms with Crippen LogP contribution in [0.1, 0.15) is 19.4 Å². The van der Waals surface area contributed by atoms with Gasteiger partial charge in [0.05, 0.1) is 6.61 Å². The number of benzene rings is 1. The van der Waals surface area contributed by atoms with E-state index in [0.29, 0.717) is 24.5 Å². The SMILES string of the molecule is CCOC(=O)C(C)Oc1ccc(F)cc1CNC. The van der Waals surface area contributed by atoms with Gasteiger partial charge in [-0.2, -0.15) is 0 Å². The van der Waals surface area contributed by atoms with E-state index in [9.17, 15) is 9.18 Å². The Bertz CT molecular complexity index is 409. The predicted molar refractivity (Wildman–Crippen MR) is 65.9 cm³/mol. The molecule has 0 heterocycles. The van der Waals surface area contributed by atoms with Crippen molar-refractivity contribution >= 4 is 5.97 Å². The Hall–Kier alpha value is -1.62. The van der Waals surface area contributed by atoms with Crippen molar-refractivity contribution in [3.63, 3.8) is 0 Å². The first-order valence-electron chi connectivity index (χ1n) is 5.84. The lowest BCUT2D eigenvalue weighted by molar-refractivity contribution is -0.150. The third-order valence-electron chi connectivity index (χ3n) is 2.31. The minimum absolute atomic E-state index is 0.305. The molecule has 0 aromatic heterocycles. The van der Waals surface area contributed by atoms with Crippen LogP contribution in [-0.4, -0.2) is 25.7 Å². The first-order valence-corrected chi connectivity index (χ1v) is 5.84. The van der Waals surface area contributed by atoms with Crippen molar-refractivity contribution in [2.45, 2.75) is 26.5 Å². The fourth-order valence-electron chi connectivity index (χ4n) is 1.49. The molecule has 5 heteroatoms. The van der Waals surface area contributed by atoms with Crippen LogP contribution in [0.5, 0.6) is 5.75 Å². The van der Waals surface area contributed by atoms with Crippen LogP contribution < -0.4 is 10.1 Å². The summed E-state index contributed by atoms with van der Waals surface area (Å²) in [6.45, 7) is 4.10. The normalized spacial score (nSPS) is 12.0. The van der Waals surface area contributed by atoms with E-state index in [1.165, 1.54) is 18.2 Å². The van der Waals surface area contributed by atoms with Crippen molar-refractivity contribution in [3.05, 3.63) is 29.6 Å². The van der Waals surface area contributed by atoms with Crippen molar-refractivity contribution in [2.75, 3.05) is 13.7 Å². The maximum atomic E-state index is 13.1. The minimum atomic E-state index is -0.717. The molecule has 0 fully saturated rings. The second-order valence-electron chi connectivity index (χ2n) is 3.79. The summed E-state index contributed by atoms with van der Waals surface area (Å²) in [6, 6.07) is 4.19. The first-order chi connectivity index (χ1) is 8.58. The standard InChI is InChI=1S/C13H18FNO3/c1-4-17-13(16)9(2)18-12-6-5-11(14)7-10(12)8-15-3/h5-7,9,15H,4,8H2,1-3H3. The van der Waals surface area contributed by atoms with Crippen molar-refractivity contribution in [2.24, 2.45) is 0 Å². The third kappa shape index (κ3) is 4.00. The monoisotopic (exact) mass is 255 g/mol. The molecule has 1 aromatic carbocycles. The highest BCUT2D eigenvalue weighted by molar-refractivity contribution is 5.74. The van der Waals surface area contributed by atoms with Crippen molar-refractivity contribution in [1.82, 2.24) is 5.32 Å². The Kier molecular flexibility index (Phi) is 5.58. The number of rotatable bonds is 6. The lowest BCUT2D eigenvalue weighted by Gasteiger charge is -2.16. The van der Waals surface area contributed by atoms with E-state index in [4.69, 9.17) is 9.47 Å².